The summed E-state index contributed by atoms with van der Waals surface area (Å²) in [5.74, 6) is 0. The van der Waals surface area contributed by atoms with Crippen LogP contribution in [-0.4, -0.2) is 57.0 Å². The number of aliphatic hydroxyl groups is 1. The molecule has 1 aromatic heterocycles. The van der Waals surface area contributed by atoms with Crippen molar-refractivity contribution in [1.29, 1.82) is 0 Å². The number of hydrogen-bond donors (Lipinski definition) is 1. The highest BCUT2D eigenvalue weighted by Gasteiger charge is 2.26. The van der Waals surface area contributed by atoms with Gasteiger partial charge in [-0.3, -0.25) is 9.80 Å². The minimum atomic E-state index is 0.235. The Balaban J connectivity index is 1.41. The van der Waals surface area contributed by atoms with Crippen LogP contribution in [0.1, 0.15) is 17.5 Å². The number of rotatable bonds is 7. The predicted octanol–water partition coefficient (Wildman–Crippen LogP) is 2.94. The maximum absolute atomic E-state index is 9.57. The monoisotopic (exact) mass is 376 g/mol. The van der Waals surface area contributed by atoms with Gasteiger partial charge in [-0.2, -0.15) is 5.10 Å². The van der Waals surface area contributed by atoms with Gasteiger partial charge in [-0.15, -0.1) is 0 Å². The van der Waals surface area contributed by atoms with Crippen molar-refractivity contribution in [3.05, 3.63) is 84.2 Å². The fourth-order valence-corrected chi connectivity index (χ4v) is 4.03. The van der Waals surface area contributed by atoms with Gasteiger partial charge in [0.15, 0.2) is 0 Å². The Morgan fingerprint density at radius 3 is 2.57 bits per heavy atom. The molecular weight excluding hydrogens is 348 g/mol. The van der Waals surface area contributed by atoms with Gasteiger partial charge in [-0.05, 0) is 35.7 Å². The second-order valence-electron chi connectivity index (χ2n) is 7.48. The summed E-state index contributed by atoms with van der Waals surface area (Å²) in [5.41, 5.74) is 3.73. The summed E-state index contributed by atoms with van der Waals surface area (Å²) in [5, 5.41) is 13.9. The van der Waals surface area contributed by atoms with Gasteiger partial charge in [0.05, 0.1) is 5.69 Å². The number of aromatic nitrogens is 2. The van der Waals surface area contributed by atoms with Gasteiger partial charge in [0.2, 0.25) is 0 Å². The molecule has 0 spiro atoms. The lowest BCUT2D eigenvalue weighted by Crippen LogP contribution is -2.52. The minimum absolute atomic E-state index is 0.235. The largest absolute Gasteiger partial charge is 0.396 e. The first-order valence-electron chi connectivity index (χ1n) is 10.0. The van der Waals surface area contributed by atoms with Crippen molar-refractivity contribution in [3.63, 3.8) is 0 Å². The highest BCUT2D eigenvalue weighted by atomic mass is 16.3. The molecule has 28 heavy (non-hydrogen) atoms. The summed E-state index contributed by atoms with van der Waals surface area (Å²) in [7, 11) is 0. The highest BCUT2D eigenvalue weighted by Crippen LogP contribution is 2.19. The second kappa shape index (κ2) is 9.15. The van der Waals surface area contributed by atoms with E-state index in [2.05, 4.69) is 69.5 Å². The summed E-state index contributed by atoms with van der Waals surface area (Å²) >= 11 is 0. The number of hydrogen-bond acceptors (Lipinski definition) is 4. The Kier molecular flexibility index (Phi) is 6.17. The second-order valence-corrected chi connectivity index (χ2v) is 7.48. The van der Waals surface area contributed by atoms with Crippen LogP contribution in [0, 0.1) is 0 Å². The zero-order valence-electron chi connectivity index (χ0n) is 16.2. The van der Waals surface area contributed by atoms with Crippen LogP contribution in [0.2, 0.25) is 0 Å². The van der Waals surface area contributed by atoms with Crippen LogP contribution < -0.4 is 0 Å². The Morgan fingerprint density at radius 1 is 0.929 bits per heavy atom. The Morgan fingerprint density at radius 2 is 1.79 bits per heavy atom. The molecule has 1 atom stereocenters. The Labute approximate surface area is 166 Å². The molecule has 2 heterocycles. The molecule has 3 aromatic rings. The summed E-state index contributed by atoms with van der Waals surface area (Å²) in [4.78, 5) is 5.02. The van der Waals surface area contributed by atoms with Crippen LogP contribution >= 0.6 is 0 Å². The van der Waals surface area contributed by atoms with Crippen LogP contribution in [0.4, 0.5) is 0 Å². The van der Waals surface area contributed by atoms with Crippen LogP contribution in [0.25, 0.3) is 5.69 Å². The third-order valence-electron chi connectivity index (χ3n) is 5.47. The molecule has 0 unspecified atom stereocenters. The van der Waals surface area contributed by atoms with E-state index in [1.807, 2.05) is 16.9 Å². The van der Waals surface area contributed by atoms with E-state index in [4.69, 9.17) is 0 Å². The summed E-state index contributed by atoms with van der Waals surface area (Å²) in [6, 6.07) is 21.5. The molecule has 4 rings (SSSR count). The normalized spacial score (nSPS) is 18.4. The fourth-order valence-electron chi connectivity index (χ4n) is 4.03. The number of aliphatic hydroxyl groups excluding tert-OH is 1. The smallest absolute Gasteiger partial charge is 0.0648 e. The van der Waals surface area contributed by atoms with Gasteiger partial charge in [-0.25, -0.2) is 4.68 Å². The first-order valence-corrected chi connectivity index (χ1v) is 10.0. The van der Waals surface area contributed by atoms with Crippen molar-refractivity contribution in [3.8, 4) is 5.69 Å². The Hall–Kier alpha value is -2.47. The molecular formula is C23H28N4O. The topological polar surface area (TPSA) is 44.5 Å². The van der Waals surface area contributed by atoms with Crippen LogP contribution in [-0.2, 0) is 13.1 Å². The van der Waals surface area contributed by atoms with Crippen molar-refractivity contribution < 1.29 is 5.11 Å². The van der Waals surface area contributed by atoms with Gasteiger partial charge in [-0.1, -0.05) is 42.5 Å². The van der Waals surface area contributed by atoms with Crippen LogP contribution in [0.5, 0.6) is 0 Å². The lowest BCUT2D eigenvalue weighted by atomic mass is 10.1. The molecule has 5 heteroatoms. The molecule has 1 fully saturated rings. The number of nitrogens with zero attached hydrogens (tertiary/aromatic N) is 4. The van der Waals surface area contributed by atoms with E-state index in [9.17, 15) is 5.11 Å². The zero-order valence-corrected chi connectivity index (χ0v) is 16.2. The van der Waals surface area contributed by atoms with Gasteiger partial charge >= 0.3 is 0 Å². The van der Waals surface area contributed by atoms with Crippen molar-refractivity contribution in [1.82, 2.24) is 19.6 Å². The average molecular weight is 377 g/mol. The van der Waals surface area contributed by atoms with E-state index >= 15 is 0 Å². The number of piperazine rings is 1. The third-order valence-corrected chi connectivity index (χ3v) is 5.47. The molecule has 1 saturated heterocycles. The molecule has 0 radical (unpaired) electrons. The van der Waals surface area contributed by atoms with E-state index in [-0.39, 0.29) is 6.61 Å². The Bertz CT molecular complexity index is 850. The molecule has 2 aromatic carbocycles. The van der Waals surface area contributed by atoms with E-state index in [1.165, 1.54) is 11.1 Å². The summed E-state index contributed by atoms with van der Waals surface area (Å²) in [6.45, 7) is 5.17. The molecule has 1 aliphatic heterocycles. The van der Waals surface area contributed by atoms with Crippen molar-refractivity contribution in [2.75, 3.05) is 26.2 Å². The predicted molar refractivity (Wildman–Crippen MR) is 111 cm³/mol. The molecule has 1 aliphatic rings. The van der Waals surface area contributed by atoms with E-state index in [0.29, 0.717) is 6.04 Å². The number of benzene rings is 2. The van der Waals surface area contributed by atoms with Crippen LogP contribution in [0.3, 0.4) is 0 Å². The molecule has 0 bridgehead atoms. The molecule has 0 saturated carbocycles. The standard InChI is InChI=1S/C23H28N4O/c28-15-10-23-19-25(13-14-26(23)18-20-6-2-1-3-7-20)17-21-8-4-9-22(16-21)27-12-5-11-24-27/h1-9,11-12,16,23,28H,10,13-15,17-19H2/t23-/m0/s1. The SMILES string of the molecule is OCC[C@H]1CN(Cc2cccc(-n3cccn3)c2)CCN1Cc1ccccc1. The molecule has 1 N–H and O–H groups in total. The van der Waals surface area contributed by atoms with Gasteiger partial charge < -0.3 is 5.11 Å². The molecule has 0 aliphatic carbocycles. The maximum atomic E-state index is 9.57. The van der Waals surface area contributed by atoms with E-state index in [0.717, 1.165) is 44.8 Å². The first-order chi connectivity index (χ1) is 13.8. The van der Waals surface area contributed by atoms with Crippen LogP contribution in [0.15, 0.2) is 73.1 Å². The summed E-state index contributed by atoms with van der Waals surface area (Å²) < 4.78 is 1.90. The fraction of sp³-hybridized carbons (Fsp3) is 0.348. The van der Waals surface area contributed by atoms with Crippen molar-refractivity contribution in [2.45, 2.75) is 25.6 Å². The van der Waals surface area contributed by atoms with Gasteiger partial charge in [0.25, 0.3) is 0 Å². The molecule has 5 nitrogen and oxygen atoms in total. The zero-order chi connectivity index (χ0) is 19.2. The maximum Gasteiger partial charge on any atom is 0.0648 e. The van der Waals surface area contributed by atoms with Crippen molar-refractivity contribution in [2.24, 2.45) is 0 Å². The van der Waals surface area contributed by atoms with Gasteiger partial charge in [0, 0.05) is 57.8 Å². The van der Waals surface area contributed by atoms with E-state index < -0.39 is 0 Å². The van der Waals surface area contributed by atoms with Crippen molar-refractivity contribution >= 4 is 0 Å². The van der Waals surface area contributed by atoms with E-state index in [1.54, 1.807) is 6.20 Å². The van der Waals surface area contributed by atoms with Gasteiger partial charge in [0.1, 0.15) is 0 Å². The average Bonchev–Trinajstić information content (AvgIpc) is 3.26. The summed E-state index contributed by atoms with van der Waals surface area (Å²) in [6.07, 6.45) is 4.59. The lowest BCUT2D eigenvalue weighted by Gasteiger charge is -2.41. The minimum Gasteiger partial charge on any atom is -0.396 e. The highest BCUT2D eigenvalue weighted by molar-refractivity contribution is 5.35. The quantitative estimate of drug-likeness (QED) is 0.689. The molecule has 146 valence electrons. The third kappa shape index (κ3) is 4.68. The molecule has 0 amide bonds. The lowest BCUT2D eigenvalue weighted by molar-refractivity contribution is 0.0500. The first kappa shape index (κ1) is 18.9.